The summed E-state index contributed by atoms with van der Waals surface area (Å²) in [5, 5.41) is 7.48. The van der Waals surface area contributed by atoms with Crippen molar-refractivity contribution in [3.63, 3.8) is 0 Å². The first-order valence-electron chi connectivity index (χ1n) is 8.76. The molecule has 6 nitrogen and oxygen atoms in total. The molecule has 0 aliphatic heterocycles. The number of rotatable bonds is 8. The van der Waals surface area contributed by atoms with Crippen molar-refractivity contribution >= 4 is 23.2 Å². The Morgan fingerprint density at radius 2 is 1.96 bits per heavy atom. The number of nitrogens with one attached hydrogen (secondary N) is 1. The van der Waals surface area contributed by atoms with Crippen molar-refractivity contribution in [3.05, 3.63) is 59.4 Å². The number of nitrogens with zero attached hydrogens (tertiary/aromatic N) is 2. The van der Waals surface area contributed by atoms with E-state index in [0.717, 1.165) is 17.0 Å². The molecule has 0 unspecified atom stereocenters. The molecular formula is C20H20ClN3O3. The second-order valence-corrected chi connectivity index (χ2v) is 6.29. The lowest BCUT2D eigenvalue weighted by molar-refractivity contribution is -0.116. The smallest absolute Gasteiger partial charge is 0.226 e. The van der Waals surface area contributed by atoms with Gasteiger partial charge in [0.2, 0.25) is 17.6 Å². The van der Waals surface area contributed by atoms with Gasteiger partial charge in [0.05, 0.1) is 12.2 Å². The zero-order chi connectivity index (χ0) is 19.1. The van der Waals surface area contributed by atoms with Gasteiger partial charge in [0.25, 0.3) is 0 Å². The Morgan fingerprint density at radius 3 is 2.74 bits per heavy atom. The molecule has 0 saturated carbocycles. The Morgan fingerprint density at radius 1 is 1.19 bits per heavy atom. The second kappa shape index (κ2) is 9.19. The number of halogens is 1. The SMILES string of the molecule is CCOc1ccccc1-c1noc(CCCC(=O)Nc2ccc(Cl)cc2)n1. The molecule has 140 valence electrons. The van der Waals surface area contributed by atoms with Crippen molar-refractivity contribution in [1.29, 1.82) is 0 Å². The standard InChI is InChI=1S/C20H20ClN3O3/c1-2-26-17-7-4-3-6-16(17)20-23-19(27-24-20)9-5-8-18(25)22-15-12-10-14(21)11-13-15/h3-4,6-7,10-13H,2,5,8-9H2,1H3,(H,22,25). The third kappa shape index (κ3) is 5.31. The van der Waals surface area contributed by atoms with Crippen LogP contribution in [-0.4, -0.2) is 22.7 Å². The van der Waals surface area contributed by atoms with Gasteiger partial charge in [-0.15, -0.1) is 0 Å². The number of aryl methyl sites for hydroxylation is 1. The topological polar surface area (TPSA) is 77.2 Å². The summed E-state index contributed by atoms with van der Waals surface area (Å²) in [6.07, 6.45) is 1.49. The maximum Gasteiger partial charge on any atom is 0.226 e. The normalized spacial score (nSPS) is 10.6. The van der Waals surface area contributed by atoms with Crippen LogP contribution in [0.15, 0.2) is 53.1 Å². The molecule has 3 aromatic rings. The van der Waals surface area contributed by atoms with Crippen molar-refractivity contribution < 1.29 is 14.1 Å². The first-order valence-corrected chi connectivity index (χ1v) is 9.13. The van der Waals surface area contributed by atoms with E-state index < -0.39 is 0 Å². The molecular weight excluding hydrogens is 366 g/mol. The molecule has 0 fully saturated rings. The molecule has 0 aliphatic rings. The zero-order valence-electron chi connectivity index (χ0n) is 14.9. The van der Waals surface area contributed by atoms with E-state index in [4.69, 9.17) is 20.9 Å². The van der Waals surface area contributed by atoms with Crippen LogP contribution >= 0.6 is 11.6 Å². The van der Waals surface area contributed by atoms with Crippen molar-refractivity contribution in [2.45, 2.75) is 26.2 Å². The highest BCUT2D eigenvalue weighted by atomic mass is 35.5. The number of aromatic nitrogens is 2. The van der Waals surface area contributed by atoms with E-state index in [0.29, 0.717) is 42.6 Å². The quantitative estimate of drug-likeness (QED) is 0.605. The minimum Gasteiger partial charge on any atom is -0.493 e. The average Bonchev–Trinajstić information content (AvgIpc) is 3.13. The van der Waals surface area contributed by atoms with Crippen LogP contribution in [0.1, 0.15) is 25.7 Å². The Kier molecular flexibility index (Phi) is 6.44. The van der Waals surface area contributed by atoms with Gasteiger partial charge < -0.3 is 14.6 Å². The van der Waals surface area contributed by atoms with Gasteiger partial charge in [-0.3, -0.25) is 4.79 Å². The summed E-state index contributed by atoms with van der Waals surface area (Å²) in [6, 6.07) is 14.5. The Balaban J connectivity index is 1.52. The molecule has 0 atom stereocenters. The number of carbonyl (C=O) groups excluding carboxylic acids is 1. The Labute approximate surface area is 162 Å². The van der Waals surface area contributed by atoms with Crippen molar-refractivity contribution in [2.24, 2.45) is 0 Å². The fourth-order valence-electron chi connectivity index (χ4n) is 2.56. The van der Waals surface area contributed by atoms with Gasteiger partial charge in [-0.1, -0.05) is 28.9 Å². The third-order valence-electron chi connectivity index (χ3n) is 3.82. The zero-order valence-corrected chi connectivity index (χ0v) is 15.7. The van der Waals surface area contributed by atoms with Crippen LogP contribution in [0.5, 0.6) is 5.75 Å². The van der Waals surface area contributed by atoms with E-state index in [1.807, 2.05) is 31.2 Å². The van der Waals surface area contributed by atoms with Crippen molar-refractivity contribution in [2.75, 3.05) is 11.9 Å². The highest BCUT2D eigenvalue weighted by Gasteiger charge is 2.13. The lowest BCUT2D eigenvalue weighted by atomic mass is 10.2. The highest BCUT2D eigenvalue weighted by molar-refractivity contribution is 6.30. The molecule has 1 N–H and O–H groups in total. The maximum absolute atomic E-state index is 12.0. The van der Waals surface area contributed by atoms with Gasteiger partial charge in [-0.05, 0) is 49.7 Å². The van der Waals surface area contributed by atoms with Gasteiger partial charge in [0.1, 0.15) is 5.75 Å². The Hall–Kier alpha value is -2.86. The van der Waals surface area contributed by atoms with Crippen LogP contribution in [0.3, 0.4) is 0 Å². The summed E-state index contributed by atoms with van der Waals surface area (Å²) in [5.41, 5.74) is 1.51. The molecule has 1 aromatic heterocycles. The highest BCUT2D eigenvalue weighted by Crippen LogP contribution is 2.27. The molecule has 27 heavy (non-hydrogen) atoms. The molecule has 0 spiro atoms. The third-order valence-corrected chi connectivity index (χ3v) is 4.07. The average molecular weight is 386 g/mol. The van der Waals surface area contributed by atoms with E-state index in [1.54, 1.807) is 24.3 Å². The monoisotopic (exact) mass is 385 g/mol. The fraction of sp³-hybridized carbons (Fsp3) is 0.250. The first kappa shape index (κ1) is 18.9. The molecule has 0 aliphatic carbocycles. The minimum atomic E-state index is -0.0706. The summed E-state index contributed by atoms with van der Waals surface area (Å²) in [7, 11) is 0. The van der Waals surface area contributed by atoms with Crippen LogP contribution in [0, 0.1) is 0 Å². The molecule has 3 rings (SSSR count). The van der Waals surface area contributed by atoms with Crippen molar-refractivity contribution in [1.82, 2.24) is 10.1 Å². The summed E-state index contributed by atoms with van der Waals surface area (Å²) in [5.74, 6) is 1.63. The van der Waals surface area contributed by atoms with Gasteiger partial charge in [-0.25, -0.2) is 0 Å². The van der Waals surface area contributed by atoms with E-state index in [1.165, 1.54) is 0 Å². The van der Waals surface area contributed by atoms with Crippen LogP contribution in [-0.2, 0) is 11.2 Å². The molecule has 0 radical (unpaired) electrons. The van der Waals surface area contributed by atoms with Crippen LogP contribution < -0.4 is 10.1 Å². The van der Waals surface area contributed by atoms with Gasteiger partial charge in [0, 0.05) is 23.6 Å². The van der Waals surface area contributed by atoms with Gasteiger partial charge in [-0.2, -0.15) is 4.98 Å². The summed E-state index contributed by atoms with van der Waals surface area (Å²) in [4.78, 5) is 16.4. The number of amides is 1. The lowest BCUT2D eigenvalue weighted by Gasteiger charge is -2.06. The maximum atomic E-state index is 12.0. The number of carbonyl (C=O) groups is 1. The fourth-order valence-corrected chi connectivity index (χ4v) is 2.68. The first-order chi connectivity index (χ1) is 13.2. The molecule has 1 amide bonds. The minimum absolute atomic E-state index is 0.0706. The van der Waals surface area contributed by atoms with E-state index in [2.05, 4.69) is 15.5 Å². The summed E-state index contributed by atoms with van der Waals surface area (Å²) < 4.78 is 10.9. The number of para-hydroxylation sites is 1. The molecule has 1 heterocycles. The molecule has 7 heteroatoms. The number of hydrogen-bond acceptors (Lipinski definition) is 5. The van der Waals surface area contributed by atoms with Crippen LogP contribution in [0.4, 0.5) is 5.69 Å². The molecule has 0 bridgehead atoms. The van der Waals surface area contributed by atoms with Crippen LogP contribution in [0.2, 0.25) is 5.02 Å². The second-order valence-electron chi connectivity index (χ2n) is 5.85. The predicted octanol–water partition coefficient (Wildman–Crippen LogP) is 4.75. The van der Waals surface area contributed by atoms with Gasteiger partial charge in [0.15, 0.2) is 0 Å². The molecule has 2 aromatic carbocycles. The van der Waals surface area contributed by atoms with E-state index >= 15 is 0 Å². The van der Waals surface area contributed by atoms with Gasteiger partial charge >= 0.3 is 0 Å². The van der Waals surface area contributed by atoms with E-state index in [-0.39, 0.29) is 5.91 Å². The summed E-state index contributed by atoms with van der Waals surface area (Å²) in [6.45, 7) is 2.48. The summed E-state index contributed by atoms with van der Waals surface area (Å²) >= 11 is 5.83. The Bertz CT molecular complexity index is 893. The predicted molar refractivity (Wildman–Crippen MR) is 104 cm³/mol. The number of benzene rings is 2. The van der Waals surface area contributed by atoms with E-state index in [9.17, 15) is 4.79 Å². The number of ether oxygens (including phenoxy) is 1. The largest absolute Gasteiger partial charge is 0.493 e. The number of hydrogen-bond donors (Lipinski definition) is 1. The molecule has 0 saturated heterocycles. The lowest BCUT2D eigenvalue weighted by Crippen LogP contribution is -2.11. The number of anilines is 1. The van der Waals surface area contributed by atoms with Crippen LogP contribution in [0.25, 0.3) is 11.4 Å². The van der Waals surface area contributed by atoms with Crippen molar-refractivity contribution in [3.8, 4) is 17.1 Å².